The van der Waals surface area contributed by atoms with E-state index in [1.165, 1.54) is 4.88 Å². The van der Waals surface area contributed by atoms with Crippen LogP contribution in [0.4, 0.5) is 5.69 Å². The van der Waals surface area contributed by atoms with E-state index >= 15 is 0 Å². The Kier molecular flexibility index (Phi) is 3.58. The summed E-state index contributed by atoms with van der Waals surface area (Å²) < 4.78 is 5.25. The van der Waals surface area contributed by atoms with Gasteiger partial charge in [-0.15, -0.1) is 11.3 Å². The summed E-state index contributed by atoms with van der Waals surface area (Å²) in [4.78, 5) is 9.72. The topological polar surface area (TPSA) is 47.0 Å². The molecule has 90 valence electrons. The molecule has 0 bridgehead atoms. The van der Waals surface area contributed by atoms with Crippen LogP contribution < -0.4 is 10.1 Å². The highest BCUT2D eigenvalue weighted by Crippen LogP contribution is 2.24. The van der Waals surface area contributed by atoms with Crippen LogP contribution in [0.5, 0.6) is 5.75 Å². The third-order valence-electron chi connectivity index (χ3n) is 2.32. The Balaban J connectivity index is 2.10. The number of ether oxygens (including phenoxy) is 1. The molecule has 0 aliphatic heterocycles. The van der Waals surface area contributed by atoms with E-state index in [-0.39, 0.29) is 0 Å². The largest absolute Gasteiger partial charge is 0.493 e. The number of nitrogens with zero attached hydrogens (tertiary/aromatic N) is 2. The molecule has 0 fully saturated rings. The Morgan fingerprint density at radius 1 is 1.29 bits per heavy atom. The zero-order chi connectivity index (χ0) is 12.3. The molecule has 5 heteroatoms. The minimum Gasteiger partial charge on any atom is -0.493 e. The first kappa shape index (κ1) is 11.9. The number of nitrogens with one attached hydrogen (secondary N) is 1. The lowest BCUT2D eigenvalue weighted by Crippen LogP contribution is -2.02. The first-order valence-electron chi connectivity index (χ1n) is 5.35. The van der Waals surface area contributed by atoms with Gasteiger partial charge in [0.05, 0.1) is 25.5 Å². The summed E-state index contributed by atoms with van der Waals surface area (Å²) in [5, 5.41) is 4.39. The molecule has 1 N–H and O–H groups in total. The zero-order valence-corrected chi connectivity index (χ0v) is 11.0. The number of anilines is 1. The lowest BCUT2D eigenvalue weighted by atomic mass is 10.3. The molecule has 0 unspecified atom stereocenters. The van der Waals surface area contributed by atoms with E-state index in [9.17, 15) is 0 Å². The van der Waals surface area contributed by atoms with E-state index in [0.717, 1.165) is 22.1 Å². The second kappa shape index (κ2) is 5.14. The predicted molar refractivity (Wildman–Crippen MR) is 69.7 cm³/mol. The van der Waals surface area contributed by atoms with E-state index in [2.05, 4.69) is 22.2 Å². The molecule has 4 nitrogen and oxygen atoms in total. The van der Waals surface area contributed by atoms with Crippen LogP contribution in [0.15, 0.2) is 18.5 Å². The smallest absolute Gasteiger partial charge is 0.160 e. The van der Waals surface area contributed by atoms with Gasteiger partial charge in [-0.3, -0.25) is 4.98 Å². The average molecular weight is 249 g/mol. The van der Waals surface area contributed by atoms with Gasteiger partial charge in [0.1, 0.15) is 5.01 Å². The maximum Gasteiger partial charge on any atom is 0.160 e. The Labute approximate surface area is 105 Å². The summed E-state index contributed by atoms with van der Waals surface area (Å²) in [6, 6.07) is 1.97. The highest BCUT2D eigenvalue weighted by atomic mass is 32.1. The second-order valence-corrected chi connectivity index (χ2v) is 5.06. The van der Waals surface area contributed by atoms with E-state index in [4.69, 9.17) is 4.74 Å². The van der Waals surface area contributed by atoms with Gasteiger partial charge in [0.25, 0.3) is 0 Å². The molecule has 0 amide bonds. The molecule has 0 radical (unpaired) electrons. The van der Waals surface area contributed by atoms with Crippen molar-refractivity contribution in [2.45, 2.75) is 20.4 Å². The number of hydrogen-bond acceptors (Lipinski definition) is 5. The third-order valence-corrected chi connectivity index (χ3v) is 3.24. The van der Waals surface area contributed by atoms with Gasteiger partial charge in [-0.25, -0.2) is 4.98 Å². The highest BCUT2D eigenvalue weighted by Gasteiger charge is 2.05. The van der Waals surface area contributed by atoms with Crippen LogP contribution in [0.25, 0.3) is 0 Å². The second-order valence-electron chi connectivity index (χ2n) is 3.74. The van der Waals surface area contributed by atoms with Crippen LogP contribution in [-0.2, 0) is 6.54 Å². The fourth-order valence-electron chi connectivity index (χ4n) is 1.50. The number of methoxy groups -OCH3 is 1. The average Bonchev–Trinajstić information content (AvgIpc) is 2.73. The third kappa shape index (κ3) is 2.94. The molecule has 0 spiro atoms. The molecule has 2 aromatic heterocycles. The summed E-state index contributed by atoms with van der Waals surface area (Å²) in [5.41, 5.74) is 1.91. The number of pyridine rings is 1. The summed E-state index contributed by atoms with van der Waals surface area (Å²) in [6.07, 6.45) is 3.61. The quantitative estimate of drug-likeness (QED) is 0.905. The summed E-state index contributed by atoms with van der Waals surface area (Å²) in [7, 11) is 1.64. The molecule has 0 saturated carbocycles. The fraction of sp³-hybridized carbons (Fsp3) is 0.333. The van der Waals surface area contributed by atoms with Crippen LogP contribution in [0, 0.1) is 13.8 Å². The van der Waals surface area contributed by atoms with Crippen molar-refractivity contribution in [2.24, 2.45) is 0 Å². The predicted octanol–water partition coefficient (Wildman–Crippen LogP) is 2.78. The van der Waals surface area contributed by atoms with E-state index in [1.54, 1.807) is 24.6 Å². The van der Waals surface area contributed by atoms with E-state index < -0.39 is 0 Å². The minimum atomic E-state index is 0.707. The maximum atomic E-state index is 5.25. The van der Waals surface area contributed by atoms with Crippen LogP contribution in [0.3, 0.4) is 0 Å². The van der Waals surface area contributed by atoms with Crippen molar-refractivity contribution in [1.29, 1.82) is 0 Å². The first-order valence-corrected chi connectivity index (χ1v) is 6.16. The molecule has 2 aromatic rings. The highest BCUT2D eigenvalue weighted by molar-refractivity contribution is 7.11. The molecule has 0 atom stereocenters. The van der Waals surface area contributed by atoms with Crippen molar-refractivity contribution < 1.29 is 4.74 Å². The fourth-order valence-corrected chi connectivity index (χ4v) is 2.23. The number of hydrogen-bond donors (Lipinski definition) is 1. The molecule has 0 aliphatic carbocycles. The van der Waals surface area contributed by atoms with Gasteiger partial charge in [0, 0.05) is 16.8 Å². The van der Waals surface area contributed by atoms with Crippen LogP contribution in [-0.4, -0.2) is 17.1 Å². The molecule has 0 saturated heterocycles. The van der Waals surface area contributed by atoms with Gasteiger partial charge in [0.15, 0.2) is 5.75 Å². The number of aromatic nitrogens is 2. The maximum absolute atomic E-state index is 5.25. The van der Waals surface area contributed by atoms with Gasteiger partial charge >= 0.3 is 0 Å². The van der Waals surface area contributed by atoms with Crippen LogP contribution >= 0.6 is 11.3 Å². The lowest BCUT2D eigenvalue weighted by molar-refractivity contribution is 0.414. The van der Waals surface area contributed by atoms with Crippen molar-refractivity contribution >= 4 is 17.0 Å². The molecule has 0 aliphatic rings. The first-order chi connectivity index (χ1) is 8.19. The van der Waals surface area contributed by atoms with Crippen LogP contribution in [0.1, 0.15) is 15.6 Å². The van der Waals surface area contributed by atoms with Crippen molar-refractivity contribution in [2.75, 3.05) is 12.4 Å². The van der Waals surface area contributed by atoms with E-state index in [1.807, 2.05) is 19.2 Å². The standard InChI is InChI=1S/C12H15N3OS/c1-8-4-10(11(16-3)6-13-8)14-7-12-15-5-9(2)17-12/h4-6H,7H2,1-3H3,(H,13,14). The van der Waals surface area contributed by atoms with Crippen molar-refractivity contribution in [3.05, 3.63) is 34.0 Å². The number of rotatable bonds is 4. The molecule has 0 aromatic carbocycles. The Bertz CT molecular complexity index is 510. The minimum absolute atomic E-state index is 0.707. The molecule has 2 heterocycles. The monoisotopic (exact) mass is 249 g/mol. The zero-order valence-electron chi connectivity index (χ0n) is 10.2. The lowest BCUT2D eigenvalue weighted by Gasteiger charge is -2.10. The normalized spacial score (nSPS) is 10.3. The molecule has 2 rings (SSSR count). The summed E-state index contributed by atoms with van der Waals surface area (Å²) in [6.45, 7) is 4.72. The Hall–Kier alpha value is -1.62. The van der Waals surface area contributed by atoms with Gasteiger partial charge in [-0.05, 0) is 19.9 Å². The SMILES string of the molecule is COc1cnc(C)cc1NCc1ncc(C)s1. The molecular weight excluding hydrogens is 234 g/mol. The van der Waals surface area contributed by atoms with Gasteiger partial charge in [-0.2, -0.15) is 0 Å². The van der Waals surface area contributed by atoms with Gasteiger partial charge < -0.3 is 10.1 Å². The van der Waals surface area contributed by atoms with E-state index in [0.29, 0.717) is 6.54 Å². The van der Waals surface area contributed by atoms with Crippen molar-refractivity contribution in [3.8, 4) is 5.75 Å². The summed E-state index contributed by atoms with van der Waals surface area (Å²) >= 11 is 1.69. The van der Waals surface area contributed by atoms with Crippen LogP contribution in [0.2, 0.25) is 0 Å². The van der Waals surface area contributed by atoms with Gasteiger partial charge in [-0.1, -0.05) is 0 Å². The Morgan fingerprint density at radius 2 is 2.12 bits per heavy atom. The molecular formula is C12H15N3OS. The number of thiazole rings is 1. The van der Waals surface area contributed by atoms with Crippen molar-refractivity contribution in [1.82, 2.24) is 9.97 Å². The summed E-state index contributed by atoms with van der Waals surface area (Å²) in [5.74, 6) is 0.754. The molecule has 17 heavy (non-hydrogen) atoms. The Morgan fingerprint density at radius 3 is 2.76 bits per heavy atom. The van der Waals surface area contributed by atoms with Gasteiger partial charge in [0.2, 0.25) is 0 Å². The number of aryl methyl sites for hydroxylation is 2. The van der Waals surface area contributed by atoms with Crippen molar-refractivity contribution in [3.63, 3.8) is 0 Å².